The van der Waals surface area contributed by atoms with Crippen LogP contribution in [-0.2, 0) is 0 Å². The topological polar surface area (TPSA) is 75.4 Å². The fourth-order valence-corrected chi connectivity index (χ4v) is 3.56. The van der Waals surface area contributed by atoms with Crippen LogP contribution in [0.2, 0.25) is 0 Å². The van der Waals surface area contributed by atoms with Crippen LogP contribution in [-0.4, -0.2) is 16.4 Å². The number of nitrogens with one attached hydrogen (secondary N) is 1. The Balaban J connectivity index is 1.80. The van der Waals surface area contributed by atoms with Crippen molar-refractivity contribution in [3.05, 3.63) is 52.5 Å². The lowest BCUT2D eigenvalue weighted by Gasteiger charge is -2.20. The van der Waals surface area contributed by atoms with E-state index >= 15 is 0 Å². The minimum atomic E-state index is -1.01. The summed E-state index contributed by atoms with van der Waals surface area (Å²) in [5.41, 5.74) is 3.29. The molecule has 0 radical (unpaired) electrons. The van der Waals surface area contributed by atoms with Gasteiger partial charge in [0.2, 0.25) is 0 Å². The summed E-state index contributed by atoms with van der Waals surface area (Å²) in [6.07, 6.45) is 2.14. The van der Waals surface area contributed by atoms with Gasteiger partial charge in [0.1, 0.15) is 5.69 Å². The highest BCUT2D eigenvalue weighted by atomic mass is 79.9. The normalized spacial score (nSPS) is 15.2. The van der Waals surface area contributed by atoms with Crippen molar-refractivity contribution in [2.45, 2.75) is 25.3 Å². The molecular weight excluding hydrogens is 384 g/mol. The molecule has 1 heterocycles. The van der Waals surface area contributed by atoms with Crippen LogP contribution in [0.3, 0.4) is 0 Å². The monoisotopic (exact) mass is 400 g/mol. The summed E-state index contributed by atoms with van der Waals surface area (Å²) in [5, 5.41) is 17.1. The summed E-state index contributed by atoms with van der Waals surface area (Å²) < 4.78 is 6.40. The maximum Gasteiger partial charge on any atom is 0.405 e. The number of carbonyl (C=O) groups is 1. The highest BCUT2D eigenvalue weighted by Crippen LogP contribution is 2.41. The molecule has 1 atom stereocenters. The van der Waals surface area contributed by atoms with Crippen LogP contribution >= 0.6 is 15.9 Å². The van der Waals surface area contributed by atoms with Gasteiger partial charge in [-0.05, 0) is 36.1 Å². The van der Waals surface area contributed by atoms with Crippen LogP contribution in [0.15, 0.2) is 51.5 Å². The van der Waals surface area contributed by atoms with E-state index < -0.39 is 6.09 Å². The fourth-order valence-electron chi connectivity index (χ4n) is 3.22. The largest absolute Gasteiger partial charge is 0.465 e. The number of fused-ring (bicyclic) bond motifs is 1. The van der Waals surface area contributed by atoms with E-state index in [9.17, 15) is 9.90 Å². The molecule has 1 fully saturated rings. The van der Waals surface area contributed by atoms with Gasteiger partial charge in [0.25, 0.3) is 0 Å². The lowest BCUT2D eigenvalue weighted by atomic mass is 9.93. The molecule has 1 aromatic heterocycles. The van der Waals surface area contributed by atoms with Crippen molar-refractivity contribution in [2.75, 3.05) is 0 Å². The molecule has 0 aliphatic heterocycles. The Morgan fingerprint density at radius 2 is 2.12 bits per heavy atom. The number of amides is 1. The summed E-state index contributed by atoms with van der Waals surface area (Å²) in [4.78, 5) is 11.3. The van der Waals surface area contributed by atoms with E-state index in [1.807, 2.05) is 42.5 Å². The number of hydrogen-bond acceptors (Lipinski definition) is 3. The van der Waals surface area contributed by atoms with E-state index in [1.165, 1.54) is 12.8 Å². The van der Waals surface area contributed by atoms with Gasteiger partial charge >= 0.3 is 6.09 Å². The molecular formula is C19H17BrN2O3. The van der Waals surface area contributed by atoms with Crippen molar-refractivity contribution in [3.63, 3.8) is 0 Å². The zero-order valence-corrected chi connectivity index (χ0v) is 15.0. The van der Waals surface area contributed by atoms with E-state index in [1.54, 1.807) is 0 Å². The van der Waals surface area contributed by atoms with Crippen molar-refractivity contribution in [1.29, 1.82) is 0 Å². The molecule has 0 spiro atoms. The Labute approximate surface area is 153 Å². The van der Waals surface area contributed by atoms with Crippen LogP contribution in [0.4, 0.5) is 4.79 Å². The van der Waals surface area contributed by atoms with Crippen LogP contribution < -0.4 is 5.32 Å². The van der Waals surface area contributed by atoms with Crippen molar-refractivity contribution in [3.8, 4) is 11.3 Å². The summed E-state index contributed by atoms with van der Waals surface area (Å²) in [6.45, 7) is 0. The fraction of sp³-hybridized carbons (Fsp3) is 0.263. The van der Waals surface area contributed by atoms with Gasteiger partial charge in [-0.3, -0.25) is 0 Å². The van der Waals surface area contributed by atoms with Crippen molar-refractivity contribution < 1.29 is 14.4 Å². The van der Waals surface area contributed by atoms with Gasteiger partial charge in [-0.25, -0.2) is 4.79 Å². The molecule has 1 saturated carbocycles. The zero-order chi connectivity index (χ0) is 17.4. The zero-order valence-electron chi connectivity index (χ0n) is 13.4. The molecule has 1 amide bonds. The first kappa shape index (κ1) is 16.1. The molecule has 1 unspecified atom stereocenters. The standard InChI is InChI=1S/C19H17BrN2O3/c20-12-7-8-15-17(10-12)25-22-18(15)14-4-2-1-3-13(14)16(21-19(23)24)9-11-5-6-11/h1-4,7-8,10-11,16,21H,5-6,9H2,(H,23,24). The van der Waals surface area contributed by atoms with Gasteiger partial charge in [-0.1, -0.05) is 58.2 Å². The van der Waals surface area contributed by atoms with Crippen LogP contribution in [0.1, 0.15) is 30.9 Å². The molecule has 3 aromatic rings. The van der Waals surface area contributed by atoms with E-state index in [0.29, 0.717) is 11.5 Å². The number of aromatic nitrogens is 1. The Hall–Kier alpha value is -2.34. The molecule has 2 N–H and O–H groups in total. The average Bonchev–Trinajstić information content (AvgIpc) is 3.31. The smallest absolute Gasteiger partial charge is 0.405 e. The molecule has 0 saturated heterocycles. The van der Waals surface area contributed by atoms with Gasteiger partial charge in [-0.2, -0.15) is 0 Å². The first-order valence-corrected chi connectivity index (χ1v) is 9.05. The van der Waals surface area contributed by atoms with Crippen LogP contribution in [0.5, 0.6) is 0 Å². The summed E-state index contributed by atoms with van der Waals surface area (Å²) in [5.74, 6) is 0.593. The molecule has 0 bridgehead atoms. The third kappa shape index (κ3) is 3.39. The number of benzene rings is 2. The Bertz CT molecular complexity index is 933. The van der Waals surface area contributed by atoms with E-state index in [4.69, 9.17) is 4.52 Å². The number of carboxylic acid groups (broad SMARTS) is 1. The second kappa shape index (κ2) is 6.52. The predicted octanol–water partition coefficient (Wildman–Crippen LogP) is 5.37. The molecule has 4 rings (SSSR count). The maximum absolute atomic E-state index is 11.3. The third-order valence-corrected chi connectivity index (χ3v) is 5.08. The van der Waals surface area contributed by atoms with Gasteiger partial charge in [-0.15, -0.1) is 0 Å². The minimum absolute atomic E-state index is 0.247. The Morgan fingerprint density at radius 1 is 1.32 bits per heavy atom. The Morgan fingerprint density at radius 3 is 2.88 bits per heavy atom. The minimum Gasteiger partial charge on any atom is -0.465 e. The number of rotatable bonds is 5. The quantitative estimate of drug-likeness (QED) is 0.603. The average molecular weight is 401 g/mol. The van der Waals surface area contributed by atoms with E-state index in [2.05, 4.69) is 26.4 Å². The van der Waals surface area contributed by atoms with Gasteiger partial charge in [0, 0.05) is 15.4 Å². The molecule has 6 heteroatoms. The molecule has 25 heavy (non-hydrogen) atoms. The predicted molar refractivity (Wildman–Crippen MR) is 98.4 cm³/mol. The summed E-state index contributed by atoms with van der Waals surface area (Å²) in [7, 11) is 0. The highest BCUT2D eigenvalue weighted by Gasteiger charge is 2.29. The second-order valence-corrected chi connectivity index (χ2v) is 7.36. The number of hydrogen-bond donors (Lipinski definition) is 2. The number of nitrogens with zero attached hydrogens (tertiary/aromatic N) is 1. The molecule has 1 aliphatic carbocycles. The lowest BCUT2D eigenvalue weighted by molar-refractivity contribution is 0.188. The van der Waals surface area contributed by atoms with Crippen LogP contribution in [0.25, 0.3) is 22.2 Å². The molecule has 5 nitrogen and oxygen atoms in total. The maximum atomic E-state index is 11.3. The van der Waals surface area contributed by atoms with Crippen LogP contribution in [0, 0.1) is 5.92 Å². The second-order valence-electron chi connectivity index (χ2n) is 6.44. The van der Waals surface area contributed by atoms with Crippen molar-refractivity contribution >= 4 is 33.0 Å². The van der Waals surface area contributed by atoms with Gasteiger partial charge < -0.3 is 14.9 Å². The van der Waals surface area contributed by atoms with Gasteiger partial charge in [0.05, 0.1) is 6.04 Å². The SMILES string of the molecule is O=C(O)NC(CC1CC1)c1ccccc1-c1noc2cc(Br)ccc12. The first-order valence-electron chi connectivity index (χ1n) is 8.25. The van der Waals surface area contributed by atoms with Crippen molar-refractivity contribution in [1.82, 2.24) is 10.5 Å². The first-order chi connectivity index (χ1) is 12.1. The van der Waals surface area contributed by atoms with Crippen molar-refractivity contribution in [2.24, 2.45) is 5.92 Å². The highest BCUT2D eigenvalue weighted by molar-refractivity contribution is 9.10. The Kier molecular flexibility index (Phi) is 4.21. The summed E-state index contributed by atoms with van der Waals surface area (Å²) >= 11 is 3.43. The summed E-state index contributed by atoms with van der Waals surface area (Å²) in [6, 6.07) is 13.4. The molecule has 2 aromatic carbocycles. The van der Waals surface area contributed by atoms with E-state index in [-0.39, 0.29) is 6.04 Å². The van der Waals surface area contributed by atoms with E-state index in [0.717, 1.165) is 33.1 Å². The molecule has 128 valence electrons. The third-order valence-electron chi connectivity index (χ3n) is 4.59. The number of halogens is 1. The lowest BCUT2D eigenvalue weighted by Crippen LogP contribution is -2.27. The van der Waals surface area contributed by atoms with Gasteiger partial charge in [0.15, 0.2) is 5.58 Å². The molecule has 1 aliphatic rings.